The van der Waals surface area contributed by atoms with Crippen molar-refractivity contribution >= 4 is 34.9 Å². The number of allylic oxidation sites excluding steroid dienone is 3. The quantitative estimate of drug-likeness (QED) is 0.424. The predicted molar refractivity (Wildman–Crippen MR) is 127 cm³/mol. The second-order valence-corrected chi connectivity index (χ2v) is 10.3. The zero-order valence-electron chi connectivity index (χ0n) is 18.2. The number of carbonyl (C=O) groups excluding carboxylic acids is 2. The molecule has 0 saturated heterocycles. The first-order valence-electron chi connectivity index (χ1n) is 10.8. The van der Waals surface area contributed by atoms with Crippen LogP contribution in [0, 0.1) is 5.82 Å². The highest BCUT2D eigenvalue weighted by molar-refractivity contribution is 7.99. The van der Waals surface area contributed by atoms with Gasteiger partial charge in [-0.25, -0.2) is 9.18 Å². The first kappa shape index (κ1) is 22.8. The number of ketones is 1. The van der Waals surface area contributed by atoms with Gasteiger partial charge in [0.2, 0.25) is 0 Å². The van der Waals surface area contributed by atoms with E-state index in [1.54, 1.807) is 35.2 Å². The molecule has 32 heavy (non-hydrogen) atoms. The molecular weight excluding hydrogens is 445 g/mol. The Bertz CT molecular complexity index is 1060. The normalized spacial score (nSPS) is 20.8. The number of rotatable bonds is 7. The highest BCUT2D eigenvalue weighted by atomic mass is 32.2. The highest BCUT2D eigenvalue weighted by Crippen LogP contribution is 2.46. The molecule has 1 aromatic heterocycles. The van der Waals surface area contributed by atoms with Crippen LogP contribution in [0.5, 0.6) is 0 Å². The Morgan fingerprint density at radius 3 is 2.72 bits per heavy atom. The Morgan fingerprint density at radius 1 is 1.25 bits per heavy atom. The molecule has 2 aliphatic rings. The summed E-state index contributed by atoms with van der Waals surface area (Å²) in [5.41, 5.74) is 3.29. The molecule has 1 aliphatic heterocycles. The van der Waals surface area contributed by atoms with Gasteiger partial charge in [0.15, 0.2) is 5.78 Å². The zero-order valence-corrected chi connectivity index (χ0v) is 19.8. The molecule has 1 aromatic carbocycles. The van der Waals surface area contributed by atoms with E-state index >= 15 is 0 Å². The lowest BCUT2D eigenvalue weighted by Gasteiger charge is -2.36. The van der Waals surface area contributed by atoms with Gasteiger partial charge in [0.1, 0.15) is 12.4 Å². The Hall–Kier alpha value is -2.38. The van der Waals surface area contributed by atoms with Crippen LogP contribution >= 0.6 is 23.1 Å². The molecule has 2 heterocycles. The number of halogens is 1. The summed E-state index contributed by atoms with van der Waals surface area (Å²) in [5.74, 6) is 0.468. The molecule has 1 aliphatic carbocycles. The van der Waals surface area contributed by atoms with Gasteiger partial charge in [-0.1, -0.05) is 25.1 Å². The fourth-order valence-corrected chi connectivity index (χ4v) is 5.76. The van der Waals surface area contributed by atoms with Crippen molar-refractivity contribution in [2.24, 2.45) is 0 Å². The van der Waals surface area contributed by atoms with Gasteiger partial charge in [-0.05, 0) is 48.2 Å². The molecule has 4 nitrogen and oxygen atoms in total. The summed E-state index contributed by atoms with van der Waals surface area (Å²) < 4.78 is 19.2. The minimum atomic E-state index is -0.560. The highest BCUT2D eigenvalue weighted by Gasteiger charge is 2.41. The Morgan fingerprint density at radius 2 is 2.03 bits per heavy atom. The molecule has 0 saturated carbocycles. The second-order valence-electron chi connectivity index (χ2n) is 7.92. The maximum absolute atomic E-state index is 13.6. The third kappa shape index (κ3) is 4.69. The van der Waals surface area contributed by atoms with E-state index in [1.807, 2.05) is 18.4 Å². The van der Waals surface area contributed by atoms with Crippen LogP contribution in [0.4, 0.5) is 4.39 Å². The molecule has 0 unspecified atom stereocenters. The second kappa shape index (κ2) is 10.0. The van der Waals surface area contributed by atoms with Crippen LogP contribution < -0.4 is 5.32 Å². The zero-order chi connectivity index (χ0) is 22.7. The van der Waals surface area contributed by atoms with Crippen molar-refractivity contribution in [2.75, 3.05) is 18.1 Å². The molecule has 4 rings (SSSR count). The molecule has 0 fully saturated rings. The van der Waals surface area contributed by atoms with E-state index in [2.05, 4.69) is 18.3 Å². The van der Waals surface area contributed by atoms with Gasteiger partial charge in [-0.15, -0.1) is 11.3 Å². The van der Waals surface area contributed by atoms with Crippen LogP contribution in [-0.2, 0) is 14.3 Å². The molecule has 2 atom stereocenters. The van der Waals surface area contributed by atoms with Crippen molar-refractivity contribution in [3.63, 3.8) is 0 Å². The molecule has 0 bridgehead atoms. The van der Waals surface area contributed by atoms with E-state index in [-0.39, 0.29) is 17.5 Å². The molecule has 7 heteroatoms. The van der Waals surface area contributed by atoms with Crippen LogP contribution in [0.25, 0.3) is 0 Å². The third-order valence-electron chi connectivity index (χ3n) is 5.86. The summed E-state index contributed by atoms with van der Waals surface area (Å²) in [6, 6.07) is 10.1. The molecule has 0 radical (unpaired) electrons. The molecule has 168 valence electrons. The summed E-state index contributed by atoms with van der Waals surface area (Å²) in [4.78, 5) is 27.7. The monoisotopic (exact) mass is 471 g/mol. The lowest BCUT2D eigenvalue weighted by molar-refractivity contribution is -0.138. The van der Waals surface area contributed by atoms with E-state index in [0.29, 0.717) is 36.3 Å². The van der Waals surface area contributed by atoms with Gasteiger partial charge in [0.25, 0.3) is 0 Å². The van der Waals surface area contributed by atoms with Crippen LogP contribution in [-0.4, -0.2) is 29.9 Å². The number of ether oxygens (including phenoxy) is 1. The topological polar surface area (TPSA) is 55.4 Å². The number of Topliss-reactive ketones (excluding diaryl/α,β-unsaturated/α-hetero) is 1. The maximum Gasteiger partial charge on any atom is 0.336 e. The van der Waals surface area contributed by atoms with Crippen molar-refractivity contribution in [3.05, 3.63) is 80.6 Å². The van der Waals surface area contributed by atoms with Crippen LogP contribution in [0.2, 0.25) is 0 Å². The summed E-state index contributed by atoms with van der Waals surface area (Å²) in [6.45, 7) is 4.21. The number of esters is 1. The fraction of sp³-hybridized carbons (Fsp3) is 0.360. The van der Waals surface area contributed by atoms with Gasteiger partial charge in [-0.3, -0.25) is 4.79 Å². The minimum absolute atomic E-state index is 0.0193. The van der Waals surface area contributed by atoms with Crippen molar-refractivity contribution in [1.29, 1.82) is 0 Å². The van der Waals surface area contributed by atoms with Gasteiger partial charge in [0, 0.05) is 45.9 Å². The maximum atomic E-state index is 13.6. The first-order valence-corrected chi connectivity index (χ1v) is 12.8. The van der Waals surface area contributed by atoms with Gasteiger partial charge in [0.05, 0.1) is 5.57 Å². The number of thioether (sulfide) groups is 1. The van der Waals surface area contributed by atoms with Gasteiger partial charge < -0.3 is 10.1 Å². The van der Waals surface area contributed by atoms with Gasteiger partial charge >= 0.3 is 5.97 Å². The summed E-state index contributed by atoms with van der Waals surface area (Å²) in [6.07, 6.45) is 1.10. The number of benzene rings is 1. The predicted octanol–water partition coefficient (Wildman–Crippen LogP) is 5.55. The number of carbonyl (C=O) groups is 2. The van der Waals surface area contributed by atoms with E-state index in [9.17, 15) is 14.0 Å². The molecular formula is C25H26FNO3S2. The van der Waals surface area contributed by atoms with Crippen molar-refractivity contribution in [1.82, 2.24) is 5.32 Å². The number of nitrogens with one attached hydrogen (secondary N) is 1. The van der Waals surface area contributed by atoms with Crippen molar-refractivity contribution in [3.8, 4) is 0 Å². The number of hydrogen-bond donors (Lipinski definition) is 1. The number of dihydropyridines is 1. The summed E-state index contributed by atoms with van der Waals surface area (Å²) >= 11 is 3.36. The van der Waals surface area contributed by atoms with Crippen LogP contribution in [0.3, 0.4) is 0 Å². The number of thiophene rings is 1. The van der Waals surface area contributed by atoms with Crippen molar-refractivity contribution in [2.45, 2.75) is 38.5 Å². The molecule has 0 spiro atoms. The van der Waals surface area contributed by atoms with Gasteiger partial charge in [-0.2, -0.15) is 11.8 Å². The van der Waals surface area contributed by atoms with Crippen LogP contribution in [0.1, 0.15) is 49.0 Å². The largest absolute Gasteiger partial charge is 0.461 e. The Kier molecular flexibility index (Phi) is 7.16. The Labute approximate surface area is 195 Å². The minimum Gasteiger partial charge on any atom is -0.461 e. The van der Waals surface area contributed by atoms with Crippen molar-refractivity contribution < 1.29 is 18.7 Å². The molecule has 1 N–H and O–H groups in total. The SMILES string of the molecule is CCSCCOC(=O)C1=C(C)NC2=C(C(=O)C[C@H](c3cccs3)C2)[C@H]1c1ccc(F)cc1. The first-order chi connectivity index (χ1) is 15.5. The molecule has 0 amide bonds. The third-order valence-corrected chi connectivity index (χ3v) is 7.76. The van der Waals surface area contributed by atoms with E-state index < -0.39 is 11.9 Å². The summed E-state index contributed by atoms with van der Waals surface area (Å²) in [5, 5.41) is 5.37. The van der Waals surface area contributed by atoms with Crippen LogP contribution in [0.15, 0.2) is 64.3 Å². The lowest BCUT2D eigenvalue weighted by Crippen LogP contribution is -2.36. The standard InChI is InChI=1S/C25H26FNO3S2/c1-3-31-12-10-30-25(29)22-15(2)27-19-13-17(21-5-4-11-32-21)14-20(28)24(19)23(22)16-6-8-18(26)9-7-16/h4-9,11,17,23,27H,3,10,12-14H2,1-2H3/t17-,23+/m1/s1. The lowest BCUT2D eigenvalue weighted by atomic mass is 9.72. The Balaban J connectivity index is 1.70. The smallest absolute Gasteiger partial charge is 0.336 e. The summed E-state index contributed by atoms with van der Waals surface area (Å²) in [7, 11) is 0. The van der Waals surface area contributed by atoms with E-state index in [0.717, 1.165) is 22.8 Å². The number of hydrogen-bond acceptors (Lipinski definition) is 6. The average molecular weight is 472 g/mol. The van der Waals surface area contributed by atoms with E-state index in [4.69, 9.17) is 4.74 Å². The molecule has 2 aromatic rings. The van der Waals surface area contributed by atoms with E-state index in [1.165, 1.54) is 17.0 Å². The fourth-order valence-electron chi connectivity index (χ4n) is 4.44. The average Bonchev–Trinajstić information content (AvgIpc) is 3.31.